The summed E-state index contributed by atoms with van der Waals surface area (Å²) in [6.45, 7) is 3.39. The van der Waals surface area contributed by atoms with E-state index >= 15 is 0 Å². The van der Waals surface area contributed by atoms with Crippen molar-refractivity contribution in [3.8, 4) is 0 Å². The van der Waals surface area contributed by atoms with E-state index in [0.29, 0.717) is 0 Å². The second-order valence-electron chi connectivity index (χ2n) is 5.62. The van der Waals surface area contributed by atoms with Crippen molar-refractivity contribution in [3.05, 3.63) is 27.8 Å². The minimum Gasteiger partial charge on any atom is -0.385 e. The SMILES string of the molecule is CCCCCCCCCCCCNc1cccc(I)c1. The maximum absolute atomic E-state index is 3.51. The first-order chi connectivity index (χ1) is 9.83. The predicted octanol–water partition coefficient (Wildman–Crippen LogP) is 6.62. The van der Waals surface area contributed by atoms with Gasteiger partial charge in [0.2, 0.25) is 0 Å². The summed E-state index contributed by atoms with van der Waals surface area (Å²) in [5, 5.41) is 3.51. The van der Waals surface area contributed by atoms with Gasteiger partial charge in [-0.15, -0.1) is 0 Å². The third-order valence-corrected chi connectivity index (χ3v) is 4.36. The fourth-order valence-electron chi connectivity index (χ4n) is 2.44. The molecular weight excluding hydrogens is 357 g/mol. The number of unbranched alkanes of at least 4 members (excludes halogenated alkanes) is 9. The summed E-state index contributed by atoms with van der Waals surface area (Å²) in [5.41, 5.74) is 1.26. The van der Waals surface area contributed by atoms with Gasteiger partial charge in [0.15, 0.2) is 0 Å². The molecule has 0 radical (unpaired) electrons. The van der Waals surface area contributed by atoms with E-state index in [1.54, 1.807) is 0 Å². The number of anilines is 1. The van der Waals surface area contributed by atoms with Gasteiger partial charge in [0.1, 0.15) is 0 Å². The maximum atomic E-state index is 3.51. The molecule has 1 aromatic carbocycles. The van der Waals surface area contributed by atoms with Crippen molar-refractivity contribution in [3.63, 3.8) is 0 Å². The van der Waals surface area contributed by atoms with Gasteiger partial charge in [0, 0.05) is 15.8 Å². The van der Waals surface area contributed by atoms with Gasteiger partial charge in [-0.2, -0.15) is 0 Å². The lowest BCUT2D eigenvalue weighted by Crippen LogP contribution is -2.01. The molecule has 1 nitrogen and oxygen atoms in total. The van der Waals surface area contributed by atoms with E-state index in [4.69, 9.17) is 0 Å². The smallest absolute Gasteiger partial charge is 0.0350 e. The zero-order valence-corrected chi connectivity index (χ0v) is 15.1. The van der Waals surface area contributed by atoms with Crippen LogP contribution in [0.4, 0.5) is 5.69 Å². The second-order valence-corrected chi connectivity index (χ2v) is 6.86. The van der Waals surface area contributed by atoms with Crippen LogP contribution in [-0.2, 0) is 0 Å². The van der Waals surface area contributed by atoms with E-state index in [0.717, 1.165) is 6.54 Å². The Balaban J connectivity index is 1.85. The molecule has 0 atom stereocenters. The molecule has 0 aliphatic rings. The van der Waals surface area contributed by atoms with Crippen LogP contribution >= 0.6 is 22.6 Å². The van der Waals surface area contributed by atoms with Crippen LogP contribution in [0.1, 0.15) is 71.1 Å². The standard InChI is InChI=1S/C18H30IN/c1-2-3-4-5-6-7-8-9-10-11-15-20-18-14-12-13-17(19)16-18/h12-14,16,20H,2-11,15H2,1H3. The van der Waals surface area contributed by atoms with Crippen LogP contribution in [0.25, 0.3) is 0 Å². The molecule has 0 unspecified atom stereocenters. The third-order valence-electron chi connectivity index (χ3n) is 3.68. The molecule has 0 aliphatic heterocycles. The van der Waals surface area contributed by atoms with Gasteiger partial charge >= 0.3 is 0 Å². The van der Waals surface area contributed by atoms with E-state index in [-0.39, 0.29) is 0 Å². The highest BCUT2D eigenvalue weighted by Gasteiger charge is 1.94. The number of hydrogen-bond donors (Lipinski definition) is 1. The van der Waals surface area contributed by atoms with Gasteiger partial charge in [-0.1, -0.05) is 70.8 Å². The normalized spacial score (nSPS) is 10.7. The Labute approximate surface area is 139 Å². The van der Waals surface area contributed by atoms with Gasteiger partial charge in [-0.25, -0.2) is 0 Å². The summed E-state index contributed by atoms with van der Waals surface area (Å²) in [6, 6.07) is 8.60. The first-order valence-electron chi connectivity index (χ1n) is 8.32. The Bertz CT molecular complexity index is 338. The molecule has 0 fully saturated rings. The Morgan fingerprint density at radius 1 is 0.850 bits per heavy atom. The first kappa shape index (κ1) is 17.8. The lowest BCUT2D eigenvalue weighted by molar-refractivity contribution is 0.560. The molecule has 0 bridgehead atoms. The summed E-state index contributed by atoms with van der Waals surface area (Å²) in [5.74, 6) is 0. The number of nitrogens with one attached hydrogen (secondary N) is 1. The fraction of sp³-hybridized carbons (Fsp3) is 0.667. The molecule has 2 heteroatoms. The summed E-state index contributed by atoms with van der Waals surface area (Å²) in [4.78, 5) is 0. The average molecular weight is 387 g/mol. The summed E-state index contributed by atoms with van der Waals surface area (Å²) in [7, 11) is 0. The fourth-order valence-corrected chi connectivity index (χ4v) is 2.99. The van der Waals surface area contributed by atoms with Crippen LogP contribution in [0.5, 0.6) is 0 Å². The van der Waals surface area contributed by atoms with E-state index in [1.165, 1.54) is 73.5 Å². The molecule has 1 N–H and O–H groups in total. The molecule has 20 heavy (non-hydrogen) atoms. The number of benzene rings is 1. The highest BCUT2D eigenvalue weighted by atomic mass is 127. The van der Waals surface area contributed by atoms with Crippen molar-refractivity contribution in [2.24, 2.45) is 0 Å². The van der Waals surface area contributed by atoms with Crippen LogP contribution in [0.15, 0.2) is 24.3 Å². The lowest BCUT2D eigenvalue weighted by atomic mass is 10.1. The second kappa shape index (κ2) is 12.5. The molecule has 0 saturated carbocycles. The molecule has 114 valence electrons. The van der Waals surface area contributed by atoms with Gasteiger partial charge in [0.25, 0.3) is 0 Å². The highest BCUT2D eigenvalue weighted by Crippen LogP contribution is 2.13. The van der Waals surface area contributed by atoms with Crippen molar-refractivity contribution in [2.45, 2.75) is 71.1 Å². The van der Waals surface area contributed by atoms with Gasteiger partial charge < -0.3 is 5.32 Å². The molecular formula is C18H30IN. The van der Waals surface area contributed by atoms with Crippen molar-refractivity contribution in [1.29, 1.82) is 0 Å². The Kier molecular flexibility index (Phi) is 11.1. The molecule has 0 amide bonds. The minimum atomic E-state index is 1.11. The van der Waals surface area contributed by atoms with E-state index in [9.17, 15) is 0 Å². The predicted molar refractivity (Wildman–Crippen MR) is 99.5 cm³/mol. The largest absolute Gasteiger partial charge is 0.385 e. The van der Waals surface area contributed by atoms with Gasteiger partial charge in [-0.3, -0.25) is 0 Å². The van der Waals surface area contributed by atoms with Gasteiger partial charge in [-0.05, 0) is 47.2 Å². The molecule has 0 aliphatic carbocycles. The van der Waals surface area contributed by atoms with Crippen LogP contribution in [-0.4, -0.2) is 6.54 Å². The quantitative estimate of drug-likeness (QED) is 0.314. The van der Waals surface area contributed by atoms with E-state index in [1.807, 2.05) is 0 Å². The van der Waals surface area contributed by atoms with Crippen molar-refractivity contribution < 1.29 is 0 Å². The zero-order valence-electron chi connectivity index (χ0n) is 13.0. The van der Waals surface area contributed by atoms with Crippen LogP contribution in [0.3, 0.4) is 0 Å². The summed E-state index contributed by atoms with van der Waals surface area (Å²) < 4.78 is 1.30. The summed E-state index contributed by atoms with van der Waals surface area (Å²) >= 11 is 2.36. The molecule has 1 rings (SSSR count). The van der Waals surface area contributed by atoms with Crippen molar-refractivity contribution in [2.75, 3.05) is 11.9 Å². The number of halogens is 1. The molecule has 0 aromatic heterocycles. The van der Waals surface area contributed by atoms with Crippen LogP contribution < -0.4 is 5.32 Å². The maximum Gasteiger partial charge on any atom is 0.0350 e. The summed E-state index contributed by atoms with van der Waals surface area (Å²) in [6.07, 6.45) is 14.0. The van der Waals surface area contributed by atoms with E-state index < -0.39 is 0 Å². The van der Waals surface area contributed by atoms with Crippen LogP contribution in [0, 0.1) is 3.57 Å². The van der Waals surface area contributed by atoms with Crippen molar-refractivity contribution >= 4 is 28.3 Å². The number of rotatable bonds is 12. The minimum absolute atomic E-state index is 1.11. The van der Waals surface area contributed by atoms with E-state index in [2.05, 4.69) is 59.1 Å². The monoisotopic (exact) mass is 387 g/mol. The number of hydrogen-bond acceptors (Lipinski definition) is 1. The Hall–Kier alpha value is -0.250. The van der Waals surface area contributed by atoms with Crippen molar-refractivity contribution in [1.82, 2.24) is 0 Å². The van der Waals surface area contributed by atoms with Crippen LogP contribution in [0.2, 0.25) is 0 Å². The molecule has 0 saturated heterocycles. The van der Waals surface area contributed by atoms with Gasteiger partial charge in [0.05, 0.1) is 0 Å². The third kappa shape index (κ3) is 9.62. The Morgan fingerprint density at radius 3 is 2.05 bits per heavy atom. The zero-order chi connectivity index (χ0) is 14.5. The molecule has 1 aromatic rings. The lowest BCUT2D eigenvalue weighted by Gasteiger charge is -2.06. The first-order valence-corrected chi connectivity index (χ1v) is 9.40. The average Bonchev–Trinajstić information content (AvgIpc) is 2.45. The molecule has 0 heterocycles. The molecule has 0 spiro atoms. The highest BCUT2D eigenvalue weighted by molar-refractivity contribution is 14.1. The topological polar surface area (TPSA) is 12.0 Å². The Morgan fingerprint density at radius 2 is 1.45 bits per heavy atom.